The summed E-state index contributed by atoms with van der Waals surface area (Å²) in [6, 6.07) is 2.76. The molecule has 1 aromatic carbocycles. The first-order valence-corrected chi connectivity index (χ1v) is 7.92. The fourth-order valence-electron chi connectivity index (χ4n) is 3.83. The van der Waals surface area contributed by atoms with Crippen molar-refractivity contribution >= 4 is 17.6 Å². The van der Waals surface area contributed by atoms with E-state index in [1.807, 2.05) is 0 Å². The van der Waals surface area contributed by atoms with E-state index in [0.29, 0.717) is 18.3 Å². The number of anilines is 1. The lowest BCUT2D eigenvalue weighted by molar-refractivity contribution is -0.148. The summed E-state index contributed by atoms with van der Waals surface area (Å²) in [6.07, 6.45) is 5.06. The molecule has 0 saturated heterocycles. The molecule has 23 heavy (non-hydrogen) atoms. The Hall–Kier alpha value is -1.98. The van der Waals surface area contributed by atoms with Gasteiger partial charge in [-0.05, 0) is 49.1 Å². The van der Waals surface area contributed by atoms with E-state index in [1.54, 1.807) is 0 Å². The molecule has 3 unspecified atom stereocenters. The third-order valence-electron chi connectivity index (χ3n) is 4.88. The molecule has 2 aliphatic carbocycles. The Morgan fingerprint density at radius 2 is 2.04 bits per heavy atom. The van der Waals surface area contributed by atoms with Gasteiger partial charge in [0, 0.05) is 12.5 Å². The van der Waals surface area contributed by atoms with Gasteiger partial charge in [0.1, 0.15) is 11.6 Å². The minimum Gasteiger partial charge on any atom is -0.456 e. The average molecular weight is 323 g/mol. The van der Waals surface area contributed by atoms with Gasteiger partial charge in [-0.1, -0.05) is 6.42 Å². The van der Waals surface area contributed by atoms with Crippen LogP contribution in [0, 0.1) is 29.4 Å². The van der Waals surface area contributed by atoms with Gasteiger partial charge >= 0.3 is 5.97 Å². The van der Waals surface area contributed by atoms with Crippen molar-refractivity contribution in [2.75, 3.05) is 11.9 Å². The van der Waals surface area contributed by atoms with Crippen LogP contribution in [-0.2, 0) is 14.3 Å². The molecule has 1 N–H and O–H groups in total. The smallest absolute Gasteiger partial charge is 0.306 e. The number of benzene rings is 1. The van der Waals surface area contributed by atoms with E-state index in [4.69, 9.17) is 4.74 Å². The second kappa shape index (κ2) is 6.64. The van der Waals surface area contributed by atoms with E-state index < -0.39 is 30.1 Å². The van der Waals surface area contributed by atoms with Gasteiger partial charge in [0.2, 0.25) is 0 Å². The van der Waals surface area contributed by atoms with Crippen LogP contribution in [0.2, 0.25) is 0 Å². The number of ether oxygens (including phenoxy) is 1. The summed E-state index contributed by atoms with van der Waals surface area (Å²) < 4.78 is 31.4. The monoisotopic (exact) mass is 323 g/mol. The van der Waals surface area contributed by atoms with Crippen molar-refractivity contribution in [1.82, 2.24) is 0 Å². The van der Waals surface area contributed by atoms with E-state index in [0.717, 1.165) is 30.5 Å². The summed E-state index contributed by atoms with van der Waals surface area (Å²) in [6.45, 7) is -0.490. The van der Waals surface area contributed by atoms with E-state index in [2.05, 4.69) is 5.32 Å². The van der Waals surface area contributed by atoms with Crippen molar-refractivity contribution in [3.05, 3.63) is 29.8 Å². The molecule has 0 radical (unpaired) electrons. The normalized spacial score (nSPS) is 25.4. The zero-order valence-corrected chi connectivity index (χ0v) is 12.7. The first-order valence-electron chi connectivity index (χ1n) is 7.92. The van der Waals surface area contributed by atoms with Gasteiger partial charge in [-0.2, -0.15) is 0 Å². The zero-order chi connectivity index (χ0) is 16.4. The Kier molecular flexibility index (Phi) is 4.59. The van der Waals surface area contributed by atoms with E-state index >= 15 is 0 Å². The van der Waals surface area contributed by atoms with Crippen LogP contribution < -0.4 is 5.32 Å². The van der Waals surface area contributed by atoms with Gasteiger partial charge < -0.3 is 10.1 Å². The lowest BCUT2D eigenvalue weighted by Gasteiger charge is -2.20. The molecule has 1 amide bonds. The highest BCUT2D eigenvalue weighted by Crippen LogP contribution is 2.49. The zero-order valence-electron chi connectivity index (χ0n) is 12.7. The number of halogens is 2. The van der Waals surface area contributed by atoms with Gasteiger partial charge in [-0.25, -0.2) is 8.78 Å². The fraction of sp³-hybridized carbons (Fsp3) is 0.529. The average Bonchev–Trinajstić information content (AvgIpc) is 3.11. The third-order valence-corrected chi connectivity index (χ3v) is 4.88. The Labute approximate surface area is 133 Å². The fourth-order valence-corrected chi connectivity index (χ4v) is 3.83. The molecule has 0 spiro atoms. The van der Waals surface area contributed by atoms with Crippen molar-refractivity contribution in [2.45, 2.75) is 32.1 Å². The lowest BCUT2D eigenvalue weighted by Crippen LogP contribution is -2.23. The van der Waals surface area contributed by atoms with E-state index in [1.165, 1.54) is 19.3 Å². The number of esters is 1. The third kappa shape index (κ3) is 3.86. The molecular formula is C17H19F2NO3. The second-order valence-electron chi connectivity index (χ2n) is 6.47. The highest BCUT2D eigenvalue weighted by atomic mass is 19.1. The van der Waals surface area contributed by atoms with Crippen molar-refractivity contribution in [1.29, 1.82) is 0 Å². The van der Waals surface area contributed by atoms with Gasteiger partial charge in [0.15, 0.2) is 6.61 Å². The molecule has 124 valence electrons. The minimum atomic E-state index is -0.743. The Balaban J connectivity index is 1.43. The van der Waals surface area contributed by atoms with Crippen molar-refractivity contribution in [3.63, 3.8) is 0 Å². The molecular weight excluding hydrogens is 304 g/mol. The Morgan fingerprint density at radius 1 is 1.22 bits per heavy atom. The van der Waals surface area contributed by atoms with Gasteiger partial charge in [-0.3, -0.25) is 9.59 Å². The number of carbonyl (C=O) groups excluding carboxylic acids is 2. The summed E-state index contributed by atoms with van der Waals surface area (Å²) in [7, 11) is 0. The molecule has 3 rings (SSSR count). The molecule has 1 aromatic rings. The lowest BCUT2D eigenvalue weighted by atomic mass is 9.86. The summed E-state index contributed by atoms with van der Waals surface area (Å²) in [4.78, 5) is 23.5. The maximum atomic E-state index is 13.4. The summed E-state index contributed by atoms with van der Waals surface area (Å²) in [5, 5.41) is 2.20. The van der Waals surface area contributed by atoms with Crippen molar-refractivity contribution in [2.24, 2.45) is 17.8 Å². The highest BCUT2D eigenvalue weighted by Gasteiger charge is 2.40. The van der Waals surface area contributed by atoms with E-state index in [-0.39, 0.29) is 5.69 Å². The number of nitrogens with one attached hydrogen (secondary N) is 1. The van der Waals surface area contributed by atoms with E-state index in [9.17, 15) is 18.4 Å². The van der Waals surface area contributed by atoms with Crippen LogP contribution in [0.4, 0.5) is 14.5 Å². The topological polar surface area (TPSA) is 55.4 Å². The van der Waals surface area contributed by atoms with Crippen LogP contribution in [0.5, 0.6) is 0 Å². The molecule has 0 heterocycles. The molecule has 2 fully saturated rings. The Morgan fingerprint density at radius 3 is 2.74 bits per heavy atom. The number of fused-ring (bicyclic) bond motifs is 2. The molecule has 4 nitrogen and oxygen atoms in total. The maximum Gasteiger partial charge on any atom is 0.306 e. The van der Waals surface area contributed by atoms with Crippen LogP contribution in [0.1, 0.15) is 32.1 Å². The molecule has 0 aliphatic heterocycles. The van der Waals surface area contributed by atoms with Crippen LogP contribution in [-0.4, -0.2) is 18.5 Å². The number of hydrogen-bond donors (Lipinski definition) is 1. The van der Waals surface area contributed by atoms with Crippen LogP contribution in [0.15, 0.2) is 18.2 Å². The SMILES string of the molecule is O=C(COC(=O)CC1CC2CCC1C2)Nc1cc(F)ccc1F. The van der Waals surface area contributed by atoms with Gasteiger partial charge in [0.25, 0.3) is 5.91 Å². The highest BCUT2D eigenvalue weighted by molar-refractivity contribution is 5.92. The number of amides is 1. The minimum absolute atomic E-state index is 0.265. The maximum absolute atomic E-state index is 13.4. The predicted octanol–water partition coefficient (Wildman–Crippen LogP) is 3.27. The summed E-state index contributed by atoms with van der Waals surface area (Å²) >= 11 is 0. The summed E-state index contributed by atoms with van der Waals surface area (Å²) in [5.74, 6) is -0.763. The molecule has 3 atom stereocenters. The van der Waals surface area contributed by atoms with Crippen molar-refractivity contribution in [3.8, 4) is 0 Å². The quantitative estimate of drug-likeness (QED) is 0.846. The van der Waals surface area contributed by atoms with Gasteiger partial charge in [0.05, 0.1) is 5.69 Å². The van der Waals surface area contributed by atoms with Crippen molar-refractivity contribution < 1.29 is 23.1 Å². The largest absolute Gasteiger partial charge is 0.456 e. The predicted molar refractivity (Wildman–Crippen MR) is 79.5 cm³/mol. The van der Waals surface area contributed by atoms with Crippen LogP contribution in [0.3, 0.4) is 0 Å². The number of carbonyl (C=O) groups is 2. The van der Waals surface area contributed by atoms with Crippen LogP contribution >= 0.6 is 0 Å². The number of rotatable bonds is 5. The molecule has 2 saturated carbocycles. The first-order chi connectivity index (χ1) is 11.0. The second-order valence-corrected chi connectivity index (χ2v) is 6.47. The Bertz CT molecular complexity index is 620. The van der Waals surface area contributed by atoms with Crippen LogP contribution in [0.25, 0.3) is 0 Å². The molecule has 2 aliphatic rings. The molecule has 2 bridgehead atoms. The molecule has 6 heteroatoms. The first kappa shape index (κ1) is 15.9. The summed E-state index contributed by atoms with van der Waals surface area (Å²) in [5.41, 5.74) is -0.265. The standard InChI is InChI=1S/C17H19F2NO3/c18-13-3-4-14(19)15(8-13)20-16(21)9-23-17(22)7-12-6-10-1-2-11(12)5-10/h3-4,8,10-12H,1-2,5-7,9H2,(H,20,21). The van der Waals surface area contributed by atoms with Gasteiger partial charge in [-0.15, -0.1) is 0 Å². The number of hydrogen-bond acceptors (Lipinski definition) is 3. The molecule has 0 aromatic heterocycles.